The Balaban J connectivity index is 1.03. The molecule has 2 unspecified atom stereocenters. The Morgan fingerprint density at radius 3 is 2.13 bits per heavy atom. The summed E-state index contributed by atoms with van der Waals surface area (Å²) in [4.78, 5) is 14.7. The third-order valence-electron chi connectivity index (χ3n) is 10.4. The van der Waals surface area contributed by atoms with Gasteiger partial charge in [0.1, 0.15) is 54.7 Å². The quantitative estimate of drug-likeness (QED) is 0.0468. The Labute approximate surface area is 318 Å². The van der Waals surface area contributed by atoms with Crippen molar-refractivity contribution in [2.45, 2.75) is 145 Å². The second-order valence-corrected chi connectivity index (χ2v) is 15.9. The van der Waals surface area contributed by atoms with Crippen LogP contribution in [0.25, 0.3) is 5.52 Å². The first-order chi connectivity index (χ1) is 26.2. The molecule has 5 rings (SSSR count). The number of anilines is 1. The largest absolute Gasteiger partial charge is 0.491 e. The van der Waals surface area contributed by atoms with Crippen molar-refractivity contribution >= 4 is 19.2 Å². The maximum Gasteiger partial charge on any atom is 0.473 e. The highest BCUT2D eigenvalue weighted by Crippen LogP contribution is 2.63. The van der Waals surface area contributed by atoms with E-state index in [4.69, 9.17) is 29.0 Å². The number of aromatic nitrogens is 3. The molecule has 0 spiro atoms. The van der Waals surface area contributed by atoms with Crippen molar-refractivity contribution in [2.75, 3.05) is 25.6 Å². The topological polar surface area (TPSA) is 204 Å². The van der Waals surface area contributed by atoms with Crippen LogP contribution in [0, 0.1) is 11.3 Å². The van der Waals surface area contributed by atoms with E-state index in [9.17, 15) is 24.9 Å². The molecule has 0 radical (unpaired) electrons. The van der Waals surface area contributed by atoms with Gasteiger partial charge in [-0.1, -0.05) is 121 Å². The number of nitriles is 1. The molecular weight excluding hydrogens is 713 g/mol. The number of phosphoric ester groups is 1. The van der Waals surface area contributed by atoms with Crippen LogP contribution in [0.2, 0.25) is 0 Å². The predicted octanol–water partition coefficient (Wildman–Crippen LogP) is 6.76. The Morgan fingerprint density at radius 2 is 1.56 bits per heavy atom. The Hall–Kier alpha value is -3.12. The number of benzene rings is 1. The fourth-order valence-corrected chi connectivity index (χ4v) is 8.36. The molecular formula is C39H58N5O9P. The van der Waals surface area contributed by atoms with Gasteiger partial charge in [-0.05, 0) is 30.7 Å². The summed E-state index contributed by atoms with van der Waals surface area (Å²) in [5.74, 6) is 0.679. The van der Waals surface area contributed by atoms with Gasteiger partial charge in [0.15, 0.2) is 11.4 Å². The van der Waals surface area contributed by atoms with Crippen LogP contribution < -0.4 is 10.5 Å². The van der Waals surface area contributed by atoms with E-state index >= 15 is 0 Å². The van der Waals surface area contributed by atoms with E-state index in [1.54, 1.807) is 30.3 Å². The van der Waals surface area contributed by atoms with Crippen molar-refractivity contribution in [3.63, 3.8) is 0 Å². The minimum absolute atomic E-state index is 0.0409. The first-order valence-corrected chi connectivity index (χ1v) is 21.2. The number of para-hydroxylation sites is 1. The number of ether oxygens (including phenoxy) is 3. The van der Waals surface area contributed by atoms with Crippen molar-refractivity contribution in [1.82, 2.24) is 14.6 Å². The summed E-state index contributed by atoms with van der Waals surface area (Å²) in [6.45, 7) is 2.55. The van der Waals surface area contributed by atoms with Gasteiger partial charge in [0.25, 0.3) is 0 Å². The predicted molar refractivity (Wildman–Crippen MR) is 202 cm³/mol. The van der Waals surface area contributed by atoms with E-state index in [2.05, 4.69) is 17.0 Å². The molecule has 298 valence electrons. The van der Waals surface area contributed by atoms with Crippen LogP contribution in [0.1, 0.15) is 115 Å². The second kappa shape index (κ2) is 20.2. The maximum absolute atomic E-state index is 13.3. The molecule has 1 saturated carbocycles. The lowest BCUT2D eigenvalue weighted by molar-refractivity contribution is -0.107. The molecule has 1 saturated heterocycles. The monoisotopic (exact) mass is 771 g/mol. The van der Waals surface area contributed by atoms with Crippen LogP contribution >= 0.6 is 7.82 Å². The van der Waals surface area contributed by atoms with Gasteiger partial charge in [0, 0.05) is 6.61 Å². The fraction of sp³-hybridized carbons (Fsp3) is 0.667. The van der Waals surface area contributed by atoms with Crippen molar-refractivity contribution in [3.05, 3.63) is 54.5 Å². The van der Waals surface area contributed by atoms with E-state index in [1.807, 2.05) is 12.1 Å². The molecule has 0 amide bonds. The number of nitrogen functional groups attached to an aromatic ring is 1. The van der Waals surface area contributed by atoms with E-state index in [0.29, 0.717) is 17.9 Å². The smallest absolute Gasteiger partial charge is 0.473 e. The SMILES string of the molecule is CCCCCCCCCCCCCCCCCCOC[C@H](COc1ccccc1)OP(=O)(O)OC1[C@H]2O[C@@](C#N)(c3ccc4c(N)ncnn34)[C@H](O)[C@@]12O. The molecule has 1 aliphatic heterocycles. The lowest BCUT2D eigenvalue weighted by Crippen LogP contribution is -2.47. The molecule has 3 aromatic rings. The number of fused-ring (bicyclic) bond motifs is 2. The number of nitrogens with two attached hydrogens (primary N) is 1. The van der Waals surface area contributed by atoms with Crippen LogP contribution in [-0.2, 0) is 28.7 Å². The highest BCUT2D eigenvalue weighted by molar-refractivity contribution is 7.47. The molecule has 0 bridgehead atoms. The van der Waals surface area contributed by atoms with E-state index in [1.165, 1.54) is 100 Å². The minimum atomic E-state index is -4.87. The Bertz CT molecular complexity index is 1670. The molecule has 2 aromatic heterocycles. The highest BCUT2D eigenvalue weighted by atomic mass is 31.2. The minimum Gasteiger partial charge on any atom is -0.491 e. The van der Waals surface area contributed by atoms with Gasteiger partial charge in [0.05, 0.1) is 12.3 Å². The molecule has 15 heteroatoms. The first-order valence-electron chi connectivity index (χ1n) is 19.7. The van der Waals surface area contributed by atoms with Crippen LogP contribution in [0.3, 0.4) is 0 Å². The first kappa shape index (κ1) is 42.0. The van der Waals surface area contributed by atoms with E-state index in [-0.39, 0.29) is 24.7 Å². The lowest BCUT2D eigenvalue weighted by atomic mass is 9.90. The molecule has 54 heavy (non-hydrogen) atoms. The van der Waals surface area contributed by atoms with Crippen LogP contribution in [0.4, 0.5) is 5.82 Å². The zero-order valence-electron chi connectivity index (χ0n) is 31.5. The van der Waals surface area contributed by atoms with Gasteiger partial charge in [-0.15, -0.1) is 0 Å². The average Bonchev–Trinajstić information content (AvgIpc) is 3.41. The van der Waals surface area contributed by atoms with E-state index < -0.39 is 43.4 Å². The van der Waals surface area contributed by atoms with Crippen molar-refractivity contribution in [2.24, 2.45) is 0 Å². The average molecular weight is 772 g/mol. The van der Waals surface area contributed by atoms with Crippen molar-refractivity contribution < 1.29 is 42.9 Å². The maximum atomic E-state index is 13.3. The summed E-state index contributed by atoms with van der Waals surface area (Å²) in [5.41, 5.74) is 2.14. The van der Waals surface area contributed by atoms with Crippen LogP contribution in [-0.4, -0.2) is 79.5 Å². The third kappa shape index (κ3) is 10.6. The third-order valence-corrected chi connectivity index (χ3v) is 11.5. The number of aliphatic hydroxyl groups is 2. The summed E-state index contributed by atoms with van der Waals surface area (Å²) >= 11 is 0. The highest BCUT2D eigenvalue weighted by Gasteiger charge is 2.83. The molecule has 14 nitrogen and oxygen atoms in total. The number of unbranched alkanes of at least 4 members (excludes halogenated alkanes) is 15. The Morgan fingerprint density at radius 1 is 0.944 bits per heavy atom. The lowest BCUT2D eigenvalue weighted by Gasteiger charge is -2.30. The summed E-state index contributed by atoms with van der Waals surface area (Å²) in [6, 6.07) is 13.9. The van der Waals surface area contributed by atoms with Gasteiger partial charge >= 0.3 is 7.82 Å². The van der Waals surface area contributed by atoms with E-state index in [0.717, 1.165) is 19.3 Å². The molecule has 2 fully saturated rings. The van der Waals surface area contributed by atoms with Crippen LogP contribution in [0.15, 0.2) is 48.8 Å². The number of hydrogen-bond donors (Lipinski definition) is 4. The normalized spacial score (nSPS) is 24.9. The number of nitrogens with zero attached hydrogens (tertiary/aromatic N) is 4. The van der Waals surface area contributed by atoms with Gasteiger partial charge in [-0.3, -0.25) is 9.05 Å². The van der Waals surface area contributed by atoms with Crippen LogP contribution in [0.5, 0.6) is 5.75 Å². The Kier molecular flexibility index (Phi) is 15.7. The van der Waals surface area contributed by atoms with Gasteiger partial charge in [-0.2, -0.15) is 10.4 Å². The molecule has 2 aliphatic rings. The summed E-state index contributed by atoms with van der Waals surface area (Å²) < 4.78 is 42.9. The standard InChI is InChI=1S/C39H58N5O9P/c1-2-3-4-5-6-7-8-9-10-11-12-13-14-15-16-20-25-49-26-31(27-50-30-21-18-17-19-22-30)52-54(47,48)53-35-34-39(35,46)37(45)38(28-40,51-34)33-24-23-32-36(41)42-29-43-44(32)33/h17-19,21-24,29,31,34-35,37,45-46H,2-16,20,25-27H2,1H3,(H,47,48)(H2,41,42,43)/t31-,34-,35?,37+,38+,39+/m1/s1. The summed E-state index contributed by atoms with van der Waals surface area (Å²) in [5, 5.41) is 36.9. The van der Waals surface area contributed by atoms with Gasteiger partial charge < -0.3 is 35.1 Å². The zero-order valence-corrected chi connectivity index (χ0v) is 32.4. The van der Waals surface area contributed by atoms with Crippen molar-refractivity contribution in [3.8, 4) is 11.8 Å². The molecule has 1 aliphatic carbocycles. The number of phosphoric acid groups is 1. The molecule has 1 aromatic carbocycles. The van der Waals surface area contributed by atoms with Crippen molar-refractivity contribution in [1.29, 1.82) is 5.26 Å². The molecule has 7 atom stereocenters. The zero-order chi connectivity index (χ0) is 38.4. The summed E-state index contributed by atoms with van der Waals surface area (Å²) in [6.07, 6.45) is 15.9. The number of hydrogen-bond acceptors (Lipinski definition) is 12. The number of rotatable bonds is 27. The summed E-state index contributed by atoms with van der Waals surface area (Å²) in [7, 11) is -4.87. The fourth-order valence-electron chi connectivity index (χ4n) is 7.25. The van der Waals surface area contributed by atoms with Gasteiger partial charge in [-0.25, -0.2) is 14.1 Å². The molecule has 3 heterocycles. The van der Waals surface area contributed by atoms with Gasteiger partial charge in [0.2, 0.25) is 5.60 Å². The second-order valence-electron chi connectivity index (χ2n) is 14.6. The molecule has 5 N–H and O–H groups in total. The number of aliphatic hydroxyl groups excluding tert-OH is 1.